The molecule has 0 spiro atoms. The van der Waals surface area contributed by atoms with Gasteiger partial charge in [-0.2, -0.15) is 0 Å². The van der Waals surface area contributed by atoms with Crippen LogP contribution in [0.1, 0.15) is 61.5 Å². The van der Waals surface area contributed by atoms with Gasteiger partial charge in [0.15, 0.2) is 0 Å². The molecule has 1 atom stereocenters. The largest absolute Gasteiger partial charge is 0.508 e. The zero-order valence-corrected chi connectivity index (χ0v) is 14.1. The van der Waals surface area contributed by atoms with Crippen molar-refractivity contribution in [3.05, 3.63) is 34.9 Å². The standard InChI is InChI=1S/C18H26O5/c1-4-7-13-8-11-16(17(19)20)14(12-13)9-10-15(5-2)23-18(21)22-6-3/h8,11-12,15H,4-7,9-10H2,1-3H3,(H,19,20). The fourth-order valence-corrected chi connectivity index (χ4v) is 2.46. The van der Waals surface area contributed by atoms with E-state index in [-0.39, 0.29) is 12.7 Å². The van der Waals surface area contributed by atoms with Crippen molar-refractivity contribution in [2.75, 3.05) is 6.61 Å². The van der Waals surface area contributed by atoms with E-state index >= 15 is 0 Å². The predicted molar refractivity (Wildman–Crippen MR) is 87.9 cm³/mol. The predicted octanol–water partition coefficient (Wildman–Crippen LogP) is 4.22. The number of rotatable bonds is 9. The molecule has 128 valence electrons. The number of aromatic carboxylic acids is 1. The number of carboxylic acids is 1. The van der Waals surface area contributed by atoms with E-state index in [1.54, 1.807) is 13.0 Å². The Bertz CT molecular complexity index is 524. The number of aryl methyl sites for hydroxylation is 2. The number of carbonyl (C=O) groups excluding carboxylic acids is 1. The van der Waals surface area contributed by atoms with Crippen LogP contribution < -0.4 is 0 Å². The molecule has 5 nitrogen and oxygen atoms in total. The maximum Gasteiger partial charge on any atom is 0.508 e. The van der Waals surface area contributed by atoms with E-state index < -0.39 is 12.1 Å². The molecule has 0 heterocycles. The second-order valence-electron chi connectivity index (χ2n) is 5.42. The molecule has 0 aromatic heterocycles. The molecule has 1 aromatic carbocycles. The fourth-order valence-electron chi connectivity index (χ4n) is 2.46. The molecular formula is C18H26O5. The van der Waals surface area contributed by atoms with Crippen LogP contribution in [0.15, 0.2) is 18.2 Å². The molecule has 1 aromatic rings. The summed E-state index contributed by atoms with van der Waals surface area (Å²) in [5.74, 6) is -0.928. The van der Waals surface area contributed by atoms with Crippen molar-refractivity contribution < 1.29 is 24.2 Å². The van der Waals surface area contributed by atoms with Gasteiger partial charge in [0.1, 0.15) is 6.10 Å². The molecule has 0 saturated carbocycles. The monoisotopic (exact) mass is 322 g/mol. The lowest BCUT2D eigenvalue weighted by molar-refractivity contribution is 0.0222. The average Bonchev–Trinajstić information content (AvgIpc) is 2.51. The molecule has 0 radical (unpaired) electrons. The van der Waals surface area contributed by atoms with Crippen molar-refractivity contribution in [3.8, 4) is 0 Å². The van der Waals surface area contributed by atoms with Crippen LogP contribution in [0.5, 0.6) is 0 Å². The minimum absolute atomic E-state index is 0.273. The Morgan fingerprint density at radius 3 is 2.48 bits per heavy atom. The summed E-state index contributed by atoms with van der Waals surface area (Å²) in [6.07, 6.45) is 2.78. The molecule has 0 saturated heterocycles. The average molecular weight is 322 g/mol. The van der Waals surface area contributed by atoms with Gasteiger partial charge in [-0.15, -0.1) is 0 Å². The Morgan fingerprint density at radius 2 is 1.91 bits per heavy atom. The minimum atomic E-state index is -0.928. The molecule has 1 N–H and O–H groups in total. The van der Waals surface area contributed by atoms with Crippen LogP contribution in [0.3, 0.4) is 0 Å². The summed E-state index contributed by atoms with van der Waals surface area (Å²) >= 11 is 0. The van der Waals surface area contributed by atoms with E-state index in [0.29, 0.717) is 24.8 Å². The maximum atomic E-state index is 11.4. The SMILES string of the molecule is CCCc1ccc(C(=O)O)c(CCC(CC)OC(=O)OCC)c1. The zero-order chi connectivity index (χ0) is 17.2. The Kier molecular flexibility index (Phi) is 8.16. The van der Waals surface area contributed by atoms with Gasteiger partial charge in [-0.05, 0) is 49.8 Å². The van der Waals surface area contributed by atoms with Gasteiger partial charge < -0.3 is 14.6 Å². The van der Waals surface area contributed by atoms with E-state index in [1.165, 1.54) is 0 Å². The summed E-state index contributed by atoms with van der Waals surface area (Å²) in [6, 6.07) is 5.47. The highest BCUT2D eigenvalue weighted by Crippen LogP contribution is 2.18. The number of hydrogen-bond acceptors (Lipinski definition) is 4. The summed E-state index contributed by atoms with van der Waals surface area (Å²) < 4.78 is 10.0. The van der Waals surface area contributed by atoms with Crippen molar-refractivity contribution >= 4 is 12.1 Å². The Balaban J connectivity index is 2.78. The summed E-state index contributed by atoms with van der Waals surface area (Å²) in [5.41, 5.74) is 2.23. The molecular weight excluding hydrogens is 296 g/mol. The van der Waals surface area contributed by atoms with Gasteiger partial charge >= 0.3 is 12.1 Å². The van der Waals surface area contributed by atoms with E-state index in [0.717, 1.165) is 24.0 Å². The van der Waals surface area contributed by atoms with E-state index in [9.17, 15) is 14.7 Å². The summed E-state index contributed by atoms with van der Waals surface area (Å²) in [5, 5.41) is 9.32. The second-order valence-corrected chi connectivity index (χ2v) is 5.42. The van der Waals surface area contributed by atoms with Gasteiger partial charge in [0.2, 0.25) is 0 Å². The number of carbonyl (C=O) groups is 2. The van der Waals surface area contributed by atoms with Gasteiger partial charge in [0.05, 0.1) is 12.2 Å². The van der Waals surface area contributed by atoms with Gasteiger partial charge in [-0.1, -0.05) is 32.4 Å². The van der Waals surface area contributed by atoms with Crippen molar-refractivity contribution in [3.63, 3.8) is 0 Å². The third-order valence-electron chi connectivity index (χ3n) is 3.65. The van der Waals surface area contributed by atoms with Crippen LogP contribution >= 0.6 is 0 Å². The van der Waals surface area contributed by atoms with Crippen molar-refractivity contribution in [1.82, 2.24) is 0 Å². The Morgan fingerprint density at radius 1 is 1.17 bits per heavy atom. The van der Waals surface area contributed by atoms with Crippen LogP contribution in [0.4, 0.5) is 4.79 Å². The molecule has 0 fully saturated rings. The van der Waals surface area contributed by atoms with Crippen LogP contribution in [-0.4, -0.2) is 29.9 Å². The highest BCUT2D eigenvalue weighted by atomic mass is 16.7. The Labute approximate surface area is 137 Å². The number of ether oxygens (including phenoxy) is 2. The van der Waals surface area contributed by atoms with Crippen LogP contribution in [0, 0.1) is 0 Å². The molecule has 23 heavy (non-hydrogen) atoms. The molecule has 1 rings (SSSR count). The molecule has 0 bridgehead atoms. The second kappa shape index (κ2) is 9.87. The summed E-state index contributed by atoms with van der Waals surface area (Å²) in [6.45, 7) is 6.01. The van der Waals surface area contributed by atoms with E-state index in [1.807, 2.05) is 19.1 Å². The fraction of sp³-hybridized carbons (Fsp3) is 0.556. The lowest BCUT2D eigenvalue weighted by Gasteiger charge is -2.16. The van der Waals surface area contributed by atoms with Gasteiger partial charge in [0, 0.05) is 0 Å². The van der Waals surface area contributed by atoms with Crippen LogP contribution in [0.25, 0.3) is 0 Å². The molecule has 0 aliphatic rings. The molecule has 0 aliphatic carbocycles. The van der Waals surface area contributed by atoms with Crippen molar-refractivity contribution in [2.24, 2.45) is 0 Å². The van der Waals surface area contributed by atoms with Crippen molar-refractivity contribution in [2.45, 2.75) is 59.0 Å². The first-order valence-electron chi connectivity index (χ1n) is 8.20. The van der Waals surface area contributed by atoms with E-state index in [4.69, 9.17) is 9.47 Å². The van der Waals surface area contributed by atoms with Gasteiger partial charge in [-0.3, -0.25) is 0 Å². The zero-order valence-electron chi connectivity index (χ0n) is 14.1. The molecule has 0 aliphatic heterocycles. The lowest BCUT2D eigenvalue weighted by atomic mass is 9.96. The van der Waals surface area contributed by atoms with Crippen LogP contribution in [-0.2, 0) is 22.3 Å². The first kappa shape index (κ1) is 19.0. The number of benzene rings is 1. The highest BCUT2D eigenvalue weighted by Gasteiger charge is 2.16. The number of carboxylic acid groups (broad SMARTS) is 1. The van der Waals surface area contributed by atoms with E-state index in [2.05, 4.69) is 6.92 Å². The first-order valence-corrected chi connectivity index (χ1v) is 8.20. The smallest absolute Gasteiger partial charge is 0.478 e. The van der Waals surface area contributed by atoms with Crippen molar-refractivity contribution in [1.29, 1.82) is 0 Å². The third kappa shape index (κ3) is 6.30. The van der Waals surface area contributed by atoms with Crippen LogP contribution in [0.2, 0.25) is 0 Å². The quantitative estimate of drug-likeness (QED) is 0.689. The maximum absolute atomic E-state index is 11.4. The number of hydrogen-bond donors (Lipinski definition) is 1. The first-order chi connectivity index (χ1) is 11.0. The molecule has 0 amide bonds. The third-order valence-corrected chi connectivity index (χ3v) is 3.65. The summed E-state index contributed by atoms with van der Waals surface area (Å²) in [7, 11) is 0. The minimum Gasteiger partial charge on any atom is -0.478 e. The topological polar surface area (TPSA) is 72.8 Å². The summed E-state index contributed by atoms with van der Waals surface area (Å²) in [4.78, 5) is 22.8. The van der Waals surface area contributed by atoms with Gasteiger partial charge in [0.25, 0.3) is 0 Å². The van der Waals surface area contributed by atoms with Gasteiger partial charge in [-0.25, -0.2) is 9.59 Å². The highest BCUT2D eigenvalue weighted by molar-refractivity contribution is 5.89. The molecule has 1 unspecified atom stereocenters. The lowest BCUT2D eigenvalue weighted by Crippen LogP contribution is -2.19. The normalized spacial score (nSPS) is 11.8. The molecule has 5 heteroatoms. The Hall–Kier alpha value is -2.04.